The molecule has 1 saturated carbocycles. The SMILES string of the molecule is Cc1ccccc1CN(C)CC1CC(Br)C1. The van der Waals surface area contributed by atoms with Gasteiger partial charge in [-0.2, -0.15) is 0 Å². The van der Waals surface area contributed by atoms with E-state index in [0.717, 1.165) is 17.3 Å². The largest absolute Gasteiger partial charge is 0.302 e. The van der Waals surface area contributed by atoms with E-state index in [0.29, 0.717) is 0 Å². The van der Waals surface area contributed by atoms with Gasteiger partial charge in [-0.1, -0.05) is 40.2 Å². The van der Waals surface area contributed by atoms with Gasteiger partial charge in [0, 0.05) is 17.9 Å². The fourth-order valence-corrected chi connectivity index (χ4v) is 3.44. The summed E-state index contributed by atoms with van der Waals surface area (Å²) in [4.78, 5) is 3.23. The standard InChI is InChI=1S/C14H20BrN/c1-11-5-3-4-6-13(11)10-16(2)9-12-7-14(15)8-12/h3-6,12,14H,7-10H2,1-2H3. The molecule has 0 amide bonds. The molecule has 88 valence electrons. The lowest BCUT2D eigenvalue weighted by Crippen LogP contribution is -2.34. The summed E-state index contributed by atoms with van der Waals surface area (Å²) in [5.41, 5.74) is 2.86. The number of aryl methyl sites for hydroxylation is 1. The molecule has 0 radical (unpaired) electrons. The van der Waals surface area contributed by atoms with Crippen molar-refractivity contribution in [2.45, 2.75) is 31.1 Å². The molecule has 1 fully saturated rings. The van der Waals surface area contributed by atoms with Gasteiger partial charge in [0.25, 0.3) is 0 Å². The van der Waals surface area contributed by atoms with Gasteiger partial charge in [0.15, 0.2) is 0 Å². The predicted molar refractivity (Wildman–Crippen MR) is 73.0 cm³/mol. The van der Waals surface area contributed by atoms with E-state index < -0.39 is 0 Å². The number of halogens is 1. The zero-order valence-electron chi connectivity index (χ0n) is 10.1. The Bertz CT molecular complexity index is 344. The van der Waals surface area contributed by atoms with Crippen LogP contribution >= 0.6 is 15.9 Å². The third-order valence-corrected chi connectivity index (χ3v) is 4.20. The van der Waals surface area contributed by atoms with Gasteiger partial charge < -0.3 is 4.90 Å². The smallest absolute Gasteiger partial charge is 0.0233 e. The zero-order chi connectivity index (χ0) is 11.5. The minimum atomic E-state index is 0.782. The monoisotopic (exact) mass is 281 g/mol. The van der Waals surface area contributed by atoms with E-state index in [1.807, 2.05) is 0 Å². The second kappa shape index (κ2) is 5.33. The van der Waals surface area contributed by atoms with Gasteiger partial charge in [-0.15, -0.1) is 0 Å². The second-order valence-electron chi connectivity index (χ2n) is 5.06. The van der Waals surface area contributed by atoms with Crippen LogP contribution in [0.25, 0.3) is 0 Å². The first-order chi connectivity index (χ1) is 7.65. The van der Waals surface area contributed by atoms with Crippen molar-refractivity contribution in [1.29, 1.82) is 0 Å². The van der Waals surface area contributed by atoms with Crippen LogP contribution in [0.5, 0.6) is 0 Å². The number of benzene rings is 1. The van der Waals surface area contributed by atoms with Crippen LogP contribution in [0.4, 0.5) is 0 Å². The highest BCUT2D eigenvalue weighted by Crippen LogP contribution is 2.33. The topological polar surface area (TPSA) is 3.24 Å². The molecule has 0 spiro atoms. The number of hydrogen-bond donors (Lipinski definition) is 0. The minimum absolute atomic E-state index is 0.782. The highest BCUT2D eigenvalue weighted by molar-refractivity contribution is 9.09. The average molecular weight is 282 g/mol. The minimum Gasteiger partial charge on any atom is -0.302 e. The first-order valence-electron chi connectivity index (χ1n) is 6.02. The summed E-state index contributed by atoms with van der Waals surface area (Å²) >= 11 is 3.65. The molecule has 1 aliphatic carbocycles. The highest BCUT2D eigenvalue weighted by atomic mass is 79.9. The van der Waals surface area contributed by atoms with Crippen LogP contribution in [0.15, 0.2) is 24.3 Å². The van der Waals surface area contributed by atoms with E-state index in [-0.39, 0.29) is 0 Å². The predicted octanol–water partition coefficient (Wildman–Crippen LogP) is 3.60. The van der Waals surface area contributed by atoms with E-state index in [2.05, 4.69) is 59.1 Å². The first-order valence-corrected chi connectivity index (χ1v) is 6.94. The molecule has 0 unspecified atom stereocenters. The van der Waals surface area contributed by atoms with E-state index in [4.69, 9.17) is 0 Å². The lowest BCUT2D eigenvalue weighted by atomic mass is 9.85. The molecule has 1 aromatic carbocycles. The van der Waals surface area contributed by atoms with Crippen molar-refractivity contribution in [3.63, 3.8) is 0 Å². The van der Waals surface area contributed by atoms with Gasteiger partial charge in [0.2, 0.25) is 0 Å². The van der Waals surface area contributed by atoms with E-state index in [1.165, 1.54) is 30.5 Å². The summed E-state index contributed by atoms with van der Waals surface area (Å²) in [6.45, 7) is 4.51. The molecular formula is C14H20BrN. The van der Waals surface area contributed by atoms with E-state index in [9.17, 15) is 0 Å². The zero-order valence-corrected chi connectivity index (χ0v) is 11.7. The van der Waals surface area contributed by atoms with Crippen molar-refractivity contribution in [2.24, 2.45) is 5.92 Å². The fourth-order valence-electron chi connectivity index (χ4n) is 2.39. The molecule has 16 heavy (non-hydrogen) atoms. The summed E-state index contributed by atoms with van der Waals surface area (Å²) in [7, 11) is 2.23. The molecule has 0 atom stereocenters. The Morgan fingerprint density at radius 3 is 2.62 bits per heavy atom. The Morgan fingerprint density at radius 2 is 2.00 bits per heavy atom. The summed E-state index contributed by atoms with van der Waals surface area (Å²) in [6, 6.07) is 8.68. The van der Waals surface area contributed by atoms with Gasteiger partial charge >= 0.3 is 0 Å². The molecule has 0 saturated heterocycles. The van der Waals surface area contributed by atoms with Crippen LogP contribution in [0, 0.1) is 12.8 Å². The molecular weight excluding hydrogens is 262 g/mol. The van der Waals surface area contributed by atoms with Crippen LogP contribution < -0.4 is 0 Å². The van der Waals surface area contributed by atoms with Crippen LogP contribution in [-0.2, 0) is 6.54 Å². The second-order valence-corrected chi connectivity index (χ2v) is 6.35. The molecule has 0 aromatic heterocycles. The Morgan fingerprint density at radius 1 is 1.31 bits per heavy atom. The van der Waals surface area contributed by atoms with Crippen molar-refractivity contribution in [2.75, 3.05) is 13.6 Å². The van der Waals surface area contributed by atoms with E-state index in [1.54, 1.807) is 0 Å². The molecule has 0 aliphatic heterocycles. The Balaban J connectivity index is 1.83. The summed E-state index contributed by atoms with van der Waals surface area (Å²) in [6.07, 6.45) is 2.69. The van der Waals surface area contributed by atoms with Gasteiger partial charge in [0.05, 0.1) is 0 Å². The summed E-state index contributed by atoms with van der Waals surface area (Å²) in [5.74, 6) is 0.901. The quantitative estimate of drug-likeness (QED) is 0.763. The molecule has 0 N–H and O–H groups in total. The van der Waals surface area contributed by atoms with E-state index >= 15 is 0 Å². The van der Waals surface area contributed by atoms with Crippen LogP contribution in [0.2, 0.25) is 0 Å². The molecule has 0 bridgehead atoms. The number of hydrogen-bond acceptors (Lipinski definition) is 1. The Labute approximate surface area is 107 Å². The normalized spacial score (nSPS) is 24.5. The number of alkyl halides is 1. The van der Waals surface area contributed by atoms with Crippen LogP contribution in [-0.4, -0.2) is 23.3 Å². The molecule has 1 nitrogen and oxygen atoms in total. The van der Waals surface area contributed by atoms with Crippen molar-refractivity contribution in [3.8, 4) is 0 Å². The fraction of sp³-hybridized carbons (Fsp3) is 0.571. The third-order valence-electron chi connectivity index (χ3n) is 3.45. The highest BCUT2D eigenvalue weighted by Gasteiger charge is 2.27. The number of nitrogens with zero attached hydrogens (tertiary/aromatic N) is 1. The lowest BCUT2D eigenvalue weighted by molar-refractivity contribution is 0.208. The summed E-state index contributed by atoms with van der Waals surface area (Å²) in [5, 5.41) is 0. The summed E-state index contributed by atoms with van der Waals surface area (Å²) < 4.78 is 0. The van der Waals surface area contributed by atoms with Crippen LogP contribution in [0.3, 0.4) is 0 Å². The first kappa shape index (κ1) is 12.1. The van der Waals surface area contributed by atoms with Crippen molar-refractivity contribution < 1.29 is 0 Å². The molecule has 1 aliphatic rings. The van der Waals surface area contributed by atoms with Gasteiger partial charge in [-0.3, -0.25) is 0 Å². The average Bonchev–Trinajstić information content (AvgIpc) is 2.19. The molecule has 2 rings (SSSR count). The maximum Gasteiger partial charge on any atom is 0.0233 e. The Hall–Kier alpha value is -0.340. The molecule has 2 heteroatoms. The Kier molecular flexibility index (Phi) is 4.04. The van der Waals surface area contributed by atoms with Crippen LogP contribution in [0.1, 0.15) is 24.0 Å². The molecule has 0 heterocycles. The van der Waals surface area contributed by atoms with Crippen molar-refractivity contribution in [3.05, 3.63) is 35.4 Å². The third kappa shape index (κ3) is 3.08. The van der Waals surface area contributed by atoms with Gasteiger partial charge in [-0.05, 0) is 43.9 Å². The maximum atomic E-state index is 3.65. The molecule has 1 aromatic rings. The van der Waals surface area contributed by atoms with Gasteiger partial charge in [0.1, 0.15) is 0 Å². The van der Waals surface area contributed by atoms with Crippen molar-refractivity contribution in [1.82, 2.24) is 4.90 Å². The van der Waals surface area contributed by atoms with Crippen molar-refractivity contribution >= 4 is 15.9 Å². The lowest BCUT2D eigenvalue weighted by Gasteiger charge is -2.34. The van der Waals surface area contributed by atoms with Gasteiger partial charge in [-0.25, -0.2) is 0 Å². The number of rotatable bonds is 4. The maximum absolute atomic E-state index is 3.65.